The molecule has 3 heterocycles. The first-order valence-electron chi connectivity index (χ1n) is 5.87. The molecule has 0 radical (unpaired) electrons. The van der Waals surface area contributed by atoms with Crippen molar-refractivity contribution in [1.82, 2.24) is 24.7 Å². The minimum Gasteiger partial charge on any atom is -0.309 e. The summed E-state index contributed by atoms with van der Waals surface area (Å²) in [6.45, 7) is 0. The van der Waals surface area contributed by atoms with Gasteiger partial charge in [0.15, 0.2) is 23.0 Å². The van der Waals surface area contributed by atoms with Gasteiger partial charge in [-0.25, -0.2) is 14.4 Å². The summed E-state index contributed by atoms with van der Waals surface area (Å²) < 4.78 is 53.5. The van der Waals surface area contributed by atoms with Gasteiger partial charge in [0.25, 0.3) is 0 Å². The molecule has 5 nitrogen and oxygen atoms in total. The van der Waals surface area contributed by atoms with Gasteiger partial charge in [-0.3, -0.25) is 0 Å². The Morgan fingerprint density at radius 2 is 1.86 bits per heavy atom. The second-order valence-electron chi connectivity index (χ2n) is 4.40. The molecule has 0 bridgehead atoms. The fourth-order valence-corrected chi connectivity index (χ4v) is 2.22. The third kappa shape index (κ3) is 2.43. The van der Waals surface area contributed by atoms with E-state index in [1.165, 1.54) is 23.7 Å². The maximum atomic E-state index is 13.9. The van der Waals surface area contributed by atoms with E-state index >= 15 is 0 Å². The van der Waals surface area contributed by atoms with Crippen LogP contribution in [0.5, 0.6) is 0 Å². The lowest BCUT2D eigenvalue weighted by Crippen LogP contribution is -2.09. The van der Waals surface area contributed by atoms with E-state index in [4.69, 9.17) is 0 Å². The van der Waals surface area contributed by atoms with Crippen LogP contribution in [0.15, 0.2) is 22.8 Å². The molecule has 0 aliphatic carbocycles. The maximum Gasteiger partial charge on any atom is 0.435 e. The Hall–Kier alpha value is -2.10. The highest BCUT2D eigenvalue weighted by molar-refractivity contribution is 9.10. The van der Waals surface area contributed by atoms with Crippen LogP contribution < -0.4 is 0 Å². The Kier molecular flexibility index (Phi) is 3.35. The number of nitrogens with zero attached hydrogens (tertiary/aromatic N) is 5. The Morgan fingerprint density at radius 1 is 1.14 bits per heavy atom. The third-order valence-electron chi connectivity index (χ3n) is 2.93. The van der Waals surface area contributed by atoms with Gasteiger partial charge in [-0.1, -0.05) is 0 Å². The molecule has 0 aromatic carbocycles. The molecule has 114 valence electrons. The molecular formula is C12H6BrF4N5. The van der Waals surface area contributed by atoms with E-state index in [1.807, 2.05) is 0 Å². The smallest absolute Gasteiger partial charge is 0.309 e. The zero-order chi connectivity index (χ0) is 16.1. The molecule has 0 saturated heterocycles. The first kappa shape index (κ1) is 14.8. The highest BCUT2D eigenvalue weighted by Gasteiger charge is 2.34. The van der Waals surface area contributed by atoms with Crippen molar-refractivity contribution in [3.05, 3.63) is 34.3 Å². The summed E-state index contributed by atoms with van der Waals surface area (Å²) in [6.07, 6.45) is -4.63. The molecule has 0 fully saturated rings. The lowest BCUT2D eigenvalue weighted by Gasteiger charge is -2.04. The van der Waals surface area contributed by atoms with Crippen LogP contribution >= 0.6 is 15.9 Å². The highest BCUT2D eigenvalue weighted by atomic mass is 79.9. The highest BCUT2D eigenvalue weighted by Crippen LogP contribution is 2.30. The Balaban J connectivity index is 2.24. The van der Waals surface area contributed by atoms with Crippen molar-refractivity contribution in [3.63, 3.8) is 0 Å². The van der Waals surface area contributed by atoms with Gasteiger partial charge in [-0.05, 0) is 28.1 Å². The van der Waals surface area contributed by atoms with Crippen molar-refractivity contribution in [1.29, 1.82) is 0 Å². The summed E-state index contributed by atoms with van der Waals surface area (Å²) in [7, 11) is 1.49. The minimum absolute atomic E-state index is 0.0407. The molecule has 0 atom stereocenters. The molecule has 22 heavy (non-hydrogen) atoms. The number of alkyl halides is 3. The molecule has 10 heteroatoms. The third-order valence-corrected chi connectivity index (χ3v) is 3.37. The van der Waals surface area contributed by atoms with Crippen LogP contribution in [-0.4, -0.2) is 24.7 Å². The van der Waals surface area contributed by atoms with E-state index in [9.17, 15) is 17.6 Å². The molecule has 0 unspecified atom stereocenters. The van der Waals surface area contributed by atoms with Gasteiger partial charge in [-0.15, -0.1) is 10.2 Å². The summed E-state index contributed by atoms with van der Waals surface area (Å²) in [5.41, 5.74) is -1.19. The number of fused-ring (bicyclic) bond motifs is 1. The predicted octanol–water partition coefficient (Wildman–Crippen LogP) is 3.35. The molecule has 0 N–H and O–H groups in total. The summed E-state index contributed by atoms with van der Waals surface area (Å²) in [5.74, 6) is -0.590. The quantitative estimate of drug-likeness (QED) is 0.483. The standard InChI is InChI=1S/C12H6BrF4N5/c1-22-10-6(4-7(20-21-10)12(15,16)17)18-11(22)9-5(14)2-3-8(13)19-9/h2-4H,1H3. The summed E-state index contributed by atoms with van der Waals surface area (Å²) in [6, 6.07) is 3.35. The van der Waals surface area contributed by atoms with E-state index in [0.717, 1.165) is 6.07 Å². The van der Waals surface area contributed by atoms with Crippen molar-refractivity contribution in [2.45, 2.75) is 6.18 Å². The van der Waals surface area contributed by atoms with Gasteiger partial charge in [0.2, 0.25) is 0 Å². The summed E-state index contributed by atoms with van der Waals surface area (Å²) >= 11 is 3.11. The molecule has 0 aliphatic rings. The molecule has 3 aromatic rings. The van der Waals surface area contributed by atoms with Crippen molar-refractivity contribution in [2.75, 3.05) is 0 Å². The Labute approximate surface area is 129 Å². The number of hydrogen-bond acceptors (Lipinski definition) is 4. The Morgan fingerprint density at radius 3 is 2.55 bits per heavy atom. The summed E-state index contributed by atoms with van der Waals surface area (Å²) in [4.78, 5) is 7.95. The number of rotatable bonds is 1. The van der Waals surface area contributed by atoms with Crippen LogP contribution in [0.3, 0.4) is 0 Å². The van der Waals surface area contributed by atoms with Gasteiger partial charge in [0.1, 0.15) is 15.8 Å². The van der Waals surface area contributed by atoms with Crippen LogP contribution in [0.2, 0.25) is 0 Å². The van der Waals surface area contributed by atoms with Crippen LogP contribution in [0, 0.1) is 5.82 Å². The number of imidazole rings is 1. The van der Waals surface area contributed by atoms with Crippen molar-refractivity contribution >= 4 is 27.1 Å². The predicted molar refractivity (Wildman–Crippen MR) is 72.2 cm³/mol. The number of aromatic nitrogens is 5. The summed E-state index contributed by atoms with van der Waals surface area (Å²) in [5, 5.41) is 6.64. The van der Waals surface area contributed by atoms with Crippen LogP contribution in [0.1, 0.15) is 5.69 Å². The van der Waals surface area contributed by atoms with E-state index in [2.05, 4.69) is 36.1 Å². The average molecular weight is 376 g/mol. The van der Waals surface area contributed by atoms with Crippen molar-refractivity contribution in [3.8, 4) is 11.5 Å². The first-order valence-corrected chi connectivity index (χ1v) is 6.66. The SMILES string of the molecule is Cn1c(-c2nc(Br)ccc2F)nc2cc(C(F)(F)F)nnc21. The number of hydrogen-bond donors (Lipinski definition) is 0. The fraction of sp³-hybridized carbons (Fsp3) is 0.167. The van der Waals surface area contributed by atoms with Crippen LogP contribution in [0.25, 0.3) is 22.7 Å². The minimum atomic E-state index is -4.63. The van der Waals surface area contributed by atoms with Crippen LogP contribution in [-0.2, 0) is 13.2 Å². The Bertz CT molecular complexity index is 874. The van der Waals surface area contributed by atoms with E-state index < -0.39 is 17.7 Å². The fourth-order valence-electron chi connectivity index (χ4n) is 1.91. The normalized spacial score (nSPS) is 12.1. The monoisotopic (exact) mass is 375 g/mol. The van der Waals surface area contributed by atoms with Crippen LogP contribution in [0.4, 0.5) is 17.6 Å². The molecule has 3 rings (SSSR count). The molecule has 0 saturated carbocycles. The average Bonchev–Trinajstić information content (AvgIpc) is 2.77. The molecule has 3 aromatic heterocycles. The first-order chi connectivity index (χ1) is 10.3. The lowest BCUT2D eigenvalue weighted by atomic mass is 10.3. The lowest BCUT2D eigenvalue weighted by molar-refractivity contribution is -0.141. The number of halogens is 5. The molecular weight excluding hydrogens is 370 g/mol. The maximum absolute atomic E-state index is 13.9. The topological polar surface area (TPSA) is 56.5 Å². The van der Waals surface area contributed by atoms with Gasteiger partial charge in [0, 0.05) is 13.1 Å². The largest absolute Gasteiger partial charge is 0.435 e. The zero-order valence-electron chi connectivity index (χ0n) is 10.9. The number of pyridine rings is 1. The van der Waals surface area contributed by atoms with Gasteiger partial charge in [-0.2, -0.15) is 13.2 Å². The van der Waals surface area contributed by atoms with E-state index in [1.54, 1.807) is 0 Å². The molecule has 0 spiro atoms. The van der Waals surface area contributed by atoms with Crippen molar-refractivity contribution in [2.24, 2.45) is 7.05 Å². The molecule has 0 amide bonds. The zero-order valence-corrected chi connectivity index (χ0v) is 12.4. The second kappa shape index (κ2) is 4.97. The van der Waals surface area contributed by atoms with E-state index in [-0.39, 0.29) is 22.7 Å². The number of aryl methyl sites for hydroxylation is 1. The van der Waals surface area contributed by atoms with E-state index in [0.29, 0.717) is 4.60 Å². The van der Waals surface area contributed by atoms with Gasteiger partial charge < -0.3 is 4.57 Å². The van der Waals surface area contributed by atoms with Crippen molar-refractivity contribution < 1.29 is 17.6 Å². The second-order valence-corrected chi connectivity index (χ2v) is 5.21. The van der Waals surface area contributed by atoms with Gasteiger partial charge in [0.05, 0.1) is 0 Å². The molecule has 0 aliphatic heterocycles. The van der Waals surface area contributed by atoms with Gasteiger partial charge >= 0.3 is 6.18 Å².